The molecular weight excluding hydrogens is 466 g/mol. The van der Waals surface area contributed by atoms with Crippen molar-refractivity contribution in [2.75, 3.05) is 4.90 Å². The van der Waals surface area contributed by atoms with Crippen LogP contribution in [-0.4, -0.2) is 11.1 Å². The van der Waals surface area contributed by atoms with E-state index in [4.69, 9.17) is 5.11 Å². The number of benzene rings is 3. The molecule has 3 nitrogen and oxygen atoms in total. The van der Waals surface area contributed by atoms with E-state index in [0.717, 1.165) is 29.0 Å². The van der Waals surface area contributed by atoms with E-state index < -0.39 is 5.97 Å². The van der Waals surface area contributed by atoms with Crippen molar-refractivity contribution in [2.45, 2.75) is 103 Å². The van der Waals surface area contributed by atoms with Gasteiger partial charge in [-0.05, 0) is 66.8 Å². The average Bonchev–Trinajstić information content (AvgIpc) is 2.95. The number of rotatable bonds is 19. The zero-order valence-electron chi connectivity index (χ0n) is 23.4. The van der Waals surface area contributed by atoms with Crippen LogP contribution in [0.25, 0.3) is 0 Å². The molecule has 3 heteroatoms. The molecule has 0 bridgehead atoms. The van der Waals surface area contributed by atoms with E-state index >= 15 is 0 Å². The van der Waals surface area contributed by atoms with Gasteiger partial charge in [0.2, 0.25) is 0 Å². The number of anilines is 3. The summed E-state index contributed by atoms with van der Waals surface area (Å²) in [6.07, 6.45) is 18.4. The summed E-state index contributed by atoms with van der Waals surface area (Å²) in [6.45, 7) is 2.28. The Hall–Kier alpha value is -3.07. The van der Waals surface area contributed by atoms with E-state index in [1.165, 1.54) is 82.6 Å². The maximum absolute atomic E-state index is 10.9. The van der Waals surface area contributed by atoms with Crippen molar-refractivity contribution in [1.29, 1.82) is 0 Å². The Morgan fingerprint density at radius 3 is 1.45 bits per heavy atom. The summed E-state index contributed by atoms with van der Waals surface area (Å²) >= 11 is 0. The van der Waals surface area contributed by atoms with Gasteiger partial charge < -0.3 is 10.0 Å². The van der Waals surface area contributed by atoms with E-state index in [1.807, 2.05) is 18.2 Å². The second-order valence-electron chi connectivity index (χ2n) is 10.5. The number of carbonyl (C=O) groups is 1. The molecule has 3 rings (SSSR count). The number of carboxylic acids is 1. The summed E-state index contributed by atoms with van der Waals surface area (Å²) in [5, 5.41) is 8.98. The molecule has 0 saturated carbocycles. The van der Waals surface area contributed by atoms with Gasteiger partial charge in [-0.15, -0.1) is 0 Å². The summed E-state index contributed by atoms with van der Waals surface area (Å²) in [6, 6.07) is 27.6. The third-order valence-corrected chi connectivity index (χ3v) is 7.35. The summed E-state index contributed by atoms with van der Waals surface area (Å²) < 4.78 is 0. The first-order chi connectivity index (χ1) is 18.7. The largest absolute Gasteiger partial charge is 0.481 e. The van der Waals surface area contributed by atoms with Gasteiger partial charge in [-0.25, -0.2) is 0 Å². The number of para-hydroxylation sites is 1. The highest BCUT2D eigenvalue weighted by Gasteiger charge is 2.12. The molecule has 0 spiro atoms. The second-order valence-corrected chi connectivity index (χ2v) is 10.5. The standard InChI is InChI=1S/C35H47NO2/c1-2-3-4-5-6-7-8-9-10-11-12-14-17-30-20-25-33(26-21-30)36(32-18-15-13-16-19-32)34-27-22-31(23-28-34)24-29-35(37)38/h13,15-16,18-23,25-28H,2-12,14,17,24,29H2,1H3,(H,37,38). The van der Waals surface area contributed by atoms with Crippen LogP contribution in [-0.2, 0) is 17.6 Å². The van der Waals surface area contributed by atoms with Crippen molar-refractivity contribution in [3.05, 3.63) is 90.0 Å². The average molecular weight is 514 g/mol. The quantitative estimate of drug-likeness (QED) is 0.162. The Labute approximate surface area is 230 Å². The molecule has 0 fully saturated rings. The number of hydrogen-bond donors (Lipinski definition) is 1. The van der Waals surface area contributed by atoms with Gasteiger partial charge in [-0.3, -0.25) is 4.79 Å². The Morgan fingerprint density at radius 2 is 0.974 bits per heavy atom. The lowest BCUT2D eigenvalue weighted by molar-refractivity contribution is -0.136. The molecule has 0 amide bonds. The summed E-state index contributed by atoms with van der Waals surface area (Å²) in [5.41, 5.74) is 5.76. The highest BCUT2D eigenvalue weighted by Crippen LogP contribution is 2.34. The van der Waals surface area contributed by atoms with Gasteiger partial charge in [0, 0.05) is 23.5 Å². The number of nitrogens with zero attached hydrogens (tertiary/aromatic N) is 1. The van der Waals surface area contributed by atoms with Gasteiger partial charge in [0.1, 0.15) is 0 Å². The molecular formula is C35H47NO2. The number of aliphatic carboxylic acids is 1. The molecule has 0 aliphatic heterocycles. The SMILES string of the molecule is CCCCCCCCCCCCCCc1ccc(N(c2ccccc2)c2ccc(CCC(=O)O)cc2)cc1. The molecule has 204 valence electrons. The summed E-state index contributed by atoms with van der Waals surface area (Å²) in [4.78, 5) is 13.2. The van der Waals surface area contributed by atoms with Crippen LogP contribution < -0.4 is 4.90 Å². The van der Waals surface area contributed by atoms with Crippen LogP contribution in [0.2, 0.25) is 0 Å². The summed E-state index contributed by atoms with van der Waals surface area (Å²) in [5.74, 6) is -0.761. The normalized spacial score (nSPS) is 11.0. The predicted octanol–water partition coefficient (Wildman–Crippen LogP) is 10.4. The molecule has 0 unspecified atom stereocenters. The van der Waals surface area contributed by atoms with Crippen molar-refractivity contribution in [3.63, 3.8) is 0 Å². The zero-order chi connectivity index (χ0) is 26.8. The van der Waals surface area contributed by atoms with E-state index in [9.17, 15) is 4.79 Å². The van der Waals surface area contributed by atoms with Crippen molar-refractivity contribution in [3.8, 4) is 0 Å². The fourth-order valence-corrected chi connectivity index (χ4v) is 5.07. The first-order valence-electron chi connectivity index (χ1n) is 14.9. The van der Waals surface area contributed by atoms with Crippen molar-refractivity contribution in [2.24, 2.45) is 0 Å². The minimum absolute atomic E-state index is 0.155. The predicted molar refractivity (Wildman–Crippen MR) is 162 cm³/mol. The van der Waals surface area contributed by atoms with Crippen molar-refractivity contribution >= 4 is 23.0 Å². The first-order valence-corrected chi connectivity index (χ1v) is 14.9. The molecule has 0 radical (unpaired) electrons. The lowest BCUT2D eigenvalue weighted by atomic mass is 10.0. The minimum Gasteiger partial charge on any atom is -0.481 e. The molecule has 38 heavy (non-hydrogen) atoms. The maximum Gasteiger partial charge on any atom is 0.303 e. The first kappa shape index (κ1) is 29.5. The molecule has 0 aliphatic rings. The lowest BCUT2D eigenvalue weighted by Gasteiger charge is -2.26. The fraction of sp³-hybridized carbons (Fsp3) is 0.457. The van der Waals surface area contributed by atoms with E-state index in [1.54, 1.807) is 0 Å². The molecule has 0 saturated heterocycles. The van der Waals surface area contributed by atoms with Gasteiger partial charge in [0.05, 0.1) is 0 Å². The Bertz CT molecular complexity index is 1030. The monoisotopic (exact) mass is 513 g/mol. The van der Waals surface area contributed by atoms with Gasteiger partial charge in [-0.2, -0.15) is 0 Å². The molecule has 1 N–H and O–H groups in total. The van der Waals surface area contributed by atoms with Crippen LogP contribution >= 0.6 is 0 Å². The minimum atomic E-state index is -0.761. The second kappa shape index (κ2) is 17.4. The van der Waals surface area contributed by atoms with Crippen LogP contribution in [0.3, 0.4) is 0 Å². The van der Waals surface area contributed by atoms with Gasteiger partial charge in [0.25, 0.3) is 0 Å². The van der Waals surface area contributed by atoms with Crippen LogP contribution in [0, 0.1) is 0 Å². The van der Waals surface area contributed by atoms with E-state index in [2.05, 4.69) is 72.5 Å². The Kier molecular flexibility index (Phi) is 13.5. The molecule has 0 atom stereocenters. The number of aryl methyl sites for hydroxylation is 2. The number of unbranched alkanes of at least 4 members (excludes halogenated alkanes) is 11. The van der Waals surface area contributed by atoms with Gasteiger partial charge in [-0.1, -0.05) is 120 Å². The molecule has 0 heterocycles. The molecule has 0 aliphatic carbocycles. The van der Waals surface area contributed by atoms with Crippen LogP contribution in [0.5, 0.6) is 0 Å². The maximum atomic E-state index is 10.9. The van der Waals surface area contributed by atoms with Crippen LogP contribution in [0.1, 0.15) is 102 Å². The van der Waals surface area contributed by atoms with E-state index in [0.29, 0.717) is 6.42 Å². The zero-order valence-corrected chi connectivity index (χ0v) is 23.4. The number of hydrogen-bond acceptors (Lipinski definition) is 2. The van der Waals surface area contributed by atoms with E-state index in [-0.39, 0.29) is 6.42 Å². The third-order valence-electron chi connectivity index (χ3n) is 7.35. The lowest BCUT2D eigenvalue weighted by Crippen LogP contribution is -2.10. The van der Waals surface area contributed by atoms with Crippen LogP contribution in [0.4, 0.5) is 17.1 Å². The third kappa shape index (κ3) is 10.7. The molecule has 3 aromatic rings. The summed E-state index contributed by atoms with van der Waals surface area (Å²) in [7, 11) is 0. The highest BCUT2D eigenvalue weighted by molar-refractivity contribution is 5.76. The molecule has 0 aromatic heterocycles. The Morgan fingerprint density at radius 1 is 0.553 bits per heavy atom. The van der Waals surface area contributed by atoms with Crippen LogP contribution in [0.15, 0.2) is 78.9 Å². The van der Waals surface area contributed by atoms with Crippen molar-refractivity contribution < 1.29 is 9.90 Å². The fourth-order valence-electron chi connectivity index (χ4n) is 5.07. The molecule has 3 aromatic carbocycles. The Balaban J connectivity index is 1.47. The topological polar surface area (TPSA) is 40.5 Å². The van der Waals surface area contributed by atoms with Crippen molar-refractivity contribution in [1.82, 2.24) is 0 Å². The van der Waals surface area contributed by atoms with Gasteiger partial charge in [0.15, 0.2) is 0 Å². The highest BCUT2D eigenvalue weighted by atomic mass is 16.4. The smallest absolute Gasteiger partial charge is 0.303 e. The van der Waals surface area contributed by atoms with Gasteiger partial charge >= 0.3 is 5.97 Å². The number of carboxylic acid groups (broad SMARTS) is 1.